The minimum Gasteiger partial charge on any atom is -0.383 e. The second kappa shape index (κ2) is 5.71. The molecule has 3 N–H and O–H groups in total. The lowest BCUT2D eigenvalue weighted by Crippen LogP contribution is -2.39. The zero-order valence-corrected chi connectivity index (χ0v) is 11.8. The third-order valence-corrected chi connectivity index (χ3v) is 3.63. The topological polar surface area (TPSA) is 56.7 Å². The van der Waals surface area contributed by atoms with Crippen LogP contribution in [-0.4, -0.2) is 30.2 Å². The first kappa shape index (κ1) is 13.4. The average Bonchev–Trinajstić information content (AvgIpc) is 2.96. The maximum Gasteiger partial charge on any atom is 0.191 e. The standard InChI is InChI=1S/C13H21N3OS/c1-3-14-12(16-11-4-5-11)15-9-13(2,17)10-6-7-18-8-10/h6-8,11,17H,3-5,9H2,1-2H3,(H2,14,15,16). The first-order valence-electron chi connectivity index (χ1n) is 6.41. The Morgan fingerprint density at radius 2 is 2.39 bits per heavy atom. The van der Waals surface area contributed by atoms with Crippen LogP contribution in [0.3, 0.4) is 0 Å². The summed E-state index contributed by atoms with van der Waals surface area (Å²) < 4.78 is 0. The molecule has 1 heterocycles. The molecule has 1 aromatic rings. The van der Waals surface area contributed by atoms with Gasteiger partial charge in [-0.15, -0.1) is 0 Å². The second-order valence-corrected chi connectivity index (χ2v) is 5.68. The van der Waals surface area contributed by atoms with Crippen LogP contribution >= 0.6 is 11.3 Å². The van der Waals surface area contributed by atoms with E-state index in [2.05, 4.69) is 15.6 Å². The third-order valence-electron chi connectivity index (χ3n) is 2.95. The molecule has 1 aromatic heterocycles. The Morgan fingerprint density at radius 3 is 2.94 bits per heavy atom. The largest absolute Gasteiger partial charge is 0.383 e. The van der Waals surface area contributed by atoms with Crippen LogP contribution in [-0.2, 0) is 5.60 Å². The van der Waals surface area contributed by atoms with Crippen molar-refractivity contribution < 1.29 is 5.11 Å². The minimum absolute atomic E-state index is 0.367. The van der Waals surface area contributed by atoms with Crippen molar-refractivity contribution in [3.05, 3.63) is 22.4 Å². The van der Waals surface area contributed by atoms with E-state index in [4.69, 9.17) is 0 Å². The summed E-state index contributed by atoms with van der Waals surface area (Å²) in [6.07, 6.45) is 2.43. The number of guanidine groups is 1. The summed E-state index contributed by atoms with van der Waals surface area (Å²) in [5.74, 6) is 0.801. The number of rotatable bonds is 5. The molecular formula is C13H21N3OS. The van der Waals surface area contributed by atoms with E-state index in [0.717, 1.165) is 18.1 Å². The molecule has 0 aliphatic heterocycles. The molecule has 5 heteroatoms. The summed E-state index contributed by atoms with van der Waals surface area (Å²) in [6, 6.07) is 2.51. The van der Waals surface area contributed by atoms with Crippen LogP contribution in [0.25, 0.3) is 0 Å². The van der Waals surface area contributed by atoms with Gasteiger partial charge < -0.3 is 15.7 Å². The monoisotopic (exact) mass is 267 g/mol. The van der Waals surface area contributed by atoms with Crippen molar-refractivity contribution in [3.8, 4) is 0 Å². The first-order chi connectivity index (χ1) is 8.62. The van der Waals surface area contributed by atoms with E-state index in [0.29, 0.717) is 12.6 Å². The lowest BCUT2D eigenvalue weighted by Gasteiger charge is -2.21. The highest BCUT2D eigenvalue weighted by molar-refractivity contribution is 7.08. The first-order valence-corrected chi connectivity index (χ1v) is 7.36. The fourth-order valence-electron chi connectivity index (χ4n) is 1.64. The molecule has 0 amide bonds. The molecule has 1 saturated carbocycles. The average molecular weight is 267 g/mol. The fourth-order valence-corrected chi connectivity index (χ4v) is 2.42. The van der Waals surface area contributed by atoms with Gasteiger partial charge in [-0.25, -0.2) is 4.99 Å². The van der Waals surface area contributed by atoms with Crippen molar-refractivity contribution in [2.75, 3.05) is 13.1 Å². The van der Waals surface area contributed by atoms with E-state index in [1.807, 2.05) is 23.8 Å². The maximum atomic E-state index is 10.4. The van der Waals surface area contributed by atoms with Gasteiger partial charge in [-0.3, -0.25) is 0 Å². The molecular weight excluding hydrogens is 246 g/mol. The minimum atomic E-state index is -0.897. The lowest BCUT2D eigenvalue weighted by atomic mass is 10.00. The van der Waals surface area contributed by atoms with E-state index in [1.54, 1.807) is 18.3 Å². The molecule has 2 rings (SSSR count). The molecule has 1 fully saturated rings. The highest BCUT2D eigenvalue weighted by atomic mass is 32.1. The number of aliphatic imine (C=N–C) groups is 1. The van der Waals surface area contributed by atoms with Gasteiger partial charge in [0.25, 0.3) is 0 Å². The summed E-state index contributed by atoms with van der Waals surface area (Å²) in [4.78, 5) is 4.47. The Balaban J connectivity index is 1.97. The van der Waals surface area contributed by atoms with Crippen molar-refractivity contribution in [2.24, 2.45) is 4.99 Å². The van der Waals surface area contributed by atoms with E-state index in [-0.39, 0.29) is 0 Å². The van der Waals surface area contributed by atoms with Crippen molar-refractivity contribution in [1.29, 1.82) is 0 Å². The summed E-state index contributed by atoms with van der Waals surface area (Å²) in [6.45, 7) is 5.05. The molecule has 18 heavy (non-hydrogen) atoms. The number of nitrogens with zero attached hydrogens (tertiary/aromatic N) is 1. The summed E-state index contributed by atoms with van der Waals surface area (Å²) >= 11 is 1.59. The van der Waals surface area contributed by atoms with Crippen LogP contribution in [0.5, 0.6) is 0 Å². The van der Waals surface area contributed by atoms with Crippen LogP contribution in [0.4, 0.5) is 0 Å². The van der Waals surface area contributed by atoms with Crippen LogP contribution in [0.1, 0.15) is 32.3 Å². The second-order valence-electron chi connectivity index (χ2n) is 4.90. The van der Waals surface area contributed by atoms with Gasteiger partial charge in [0.1, 0.15) is 5.60 Å². The van der Waals surface area contributed by atoms with E-state index >= 15 is 0 Å². The highest BCUT2D eigenvalue weighted by Gasteiger charge is 2.25. The van der Waals surface area contributed by atoms with E-state index < -0.39 is 5.60 Å². The molecule has 1 aliphatic carbocycles. The predicted octanol–water partition coefficient (Wildman–Crippen LogP) is 1.67. The smallest absolute Gasteiger partial charge is 0.191 e. The molecule has 1 aliphatic rings. The SMILES string of the molecule is CCNC(=NCC(C)(O)c1ccsc1)NC1CC1. The Bertz CT molecular complexity index is 396. The van der Waals surface area contributed by atoms with Gasteiger partial charge >= 0.3 is 0 Å². The quantitative estimate of drug-likeness (QED) is 0.562. The normalized spacial score (nSPS) is 19.4. The fraction of sp³-hybridized carbons (Fsp3) is 0.615. The number of hydrogen-bond acceptors (Lipinski definition) is 3. The maximum absolute atomic E-state index is 10.4. The van der Waals surface area contributed by atoms with Crippen LogP contribution in [0.2, 0.25) is 0 Å². The zero-order valence-electron chi connectivity index (χ0n) is 10.9. The summed E-state index contributed by atoms with van der Waals surface area (Å²) in [5, 5.41) is 20.9. The molecule has 0 aromatic carbocycles. The number of thiophene rings is 1. The molecule has 1 unspecified atom stereocenters. The number of hydrogen-bond donors (Lipinski definition) is 3. The van der Waals surface area contributed by atoms with Gasteiger partial charge in [0, 0.05) is 12.6 Å². The number of aliphatic hydroxyl groups is 1. The van der Waals surface area contributed by atoms with Crippen LogP contribution in [0.15, 0.2) is 21.8 Å². The van der Waals surface area contributed by atoms with Crippen molar-refractivity contribution in [3.63, 3.8) is 0 Å². The van der Waals surface area contributed by atoms with E-state index in [9.17, 15) is 5.11 Å². The molecule has 0 spiro atoms. The van der Waals surface area contributed by atoms with Crippen LogP contribution < -0.4 is 10.6 Å². The highest BCUT2D eigenvalue weighted by Crippen LogP contribution is 2.23. The molecule has 4 nitrogen and oxygen atoms in total. The van der Waals surface area contributed by atoms with Gasteiger partial charge in [0.05, 0.1) is 6.54 Å². The lowest BCUT2D eigenvalue weighted by molar-refractivity contribution is 0.0677. The predicted molar refractivity (Wildman–Crippen MR) is 76.0 cm³/mol. The Kier molecular flexibility index (Phi) is 4.24. The number of nitrogens with one attached hydrogen (secondary N) is 2. The summed E-state index contributed by atoms with van der Waals surface area (Å²) in [7, 11) is 0. The van der Waals surface area contributed by atoms with Crippen molar-refractivity contribution in [1.82, 2.24) is 10.6 Å². The Hall–Kier alpha value is -1.07. The van der Waals surface area contributed by atoms with Gasteiger partial charge in [0.15, 0.2) is 5.96 Å². The Labute approximate surface area is 112 Å². The summed E-state index contributed by atoms with van der Waals surface area (Å²) in [5.41, 5.74) is 0.0323. The van der Waals surface area contributed by atoms with Gasteiger partial charge in [-0.1, -0.05) is 0 Å². The van der Waals surface area contributed by atoms with Gasteiger partial charge in [-0.05, 0) is 49.1 Å². The van der Waals surface area contributed by atoms with Crippen molar-refractivity contribution in [2.45, 2.75) is 38.3 Å². The van der Waals surface area contributed by atoms with Gasteiger partial charge in [0.2, 0.25) is 0 Å². The van der Waals surface area contributed by atoms with Crippen molar-refractivity contribution >= 4 is 17.3 Å². The molecule has 0 saturated heterocycles. The molecule has 0 bridgehead atoms. The third kappa shape index (κ3) is 3.71. The molecule has 0 radical (unpaired) electrons. The molecule has 100 valence electrons. The molecule has 1 atom stereocenters. The van der Waals surface area contributed by atoms with Crippen LogP contribution in [0, 0.1) is 0 Å². The van der Waals surface area contributed by atoms with E-state index in [1.165, 1.54) is 12.8 Å². The Morgan fingerprint density at radius 1 is 1.61 bits per heavy atom. The van der Waals surface area contributed by atoms with Gasteiger partial charge in [-0.2, -0.15) is 11.3 Å². The zero-order chi connectivity index (χ0) is 13.0.